The minimum Gasteiger partial charge on any atom is -0.493 e. The molecule has 0 unspecified atom stereocenters. The maximum absolute atomic E-state index is 12.4. The fourth-order valence-electron chi connectivity index (χ4n) is 2.39. The standard InChI is InChI=1S/C21H22N2O2S/c1-14(2)12-25-19-10-6-17(7-11-19)21(24)23-18-8-4-16(5-9-18)20-13-26-15(3)22-20/h4-11,13-14H,12H2,1-3H3,(H,23,24). The van der Waals surface area contributed by atoms with Crippen molar-refractivity contribution in [1.82, 2.24) is 4.98 Å². The molecule has 0 aliphatic rings. The van der Waals surface area contributed by atoms with E-state index in [0.717, 1.165) is 27.7 Å². The lowest BCUT2D eigenvalue weighted by molar-refractivity contribution is 0.102. The zero-order chi connectivity index (χ0) is 18.5. The van der Waals surface area contributed by atoms with Gasteiger partial charge in [-0.3, -0.25) is 4.79 Å². The Balaban J connectivity index is 1.62. The fraction of sp³-hybridized carbons (Fsp3) is 0.238. The molecule has 3 aromatic rings. The minimum atomic E-state index is -0.141. The Kier molecular flexibility index (Phi) is 5.68. The number of amides is 1. The van der Waals surface area contributed by atoms with Gasteiger partial charge in [-0.15, -0.1) is 11.3 Å². The van der Waals surface area contributed by atoms with E-state index in [2.05, 4.69) is 24.1 Å². The molecule has 1 N–H and O–H groups in total. The molecule has 0 saturated carbocycles. The summed E-state index contributed by atoms with van der Waals surface area (Å²) in [4.78, 5) is 16.9. The lowest BCUT2D eigenvalue weighted by Crippen LogP contribution is -2.11. The predicted octanol–water partition coefficient (Wildman–Crippen LogP) is 5.41. The van der Waals surface area contributed by atoms with Crippen LogP contribution in [0.1, 0.15) is 29.2 Å². The van der Waals surface area contributed by atoms with Crippen LogP contribution in [-0.4, -0.2) is 17.5 Å². The van der Waals surface area contributed by atoms with Crippen molar-refractivity contribution >= 4 is 22.9 Å². The zero-order valence-corrected chi connectivity index (χ0v) is 16.0. The van der Waals surface area contributed by atoms with Gasteiger partial charge in [0.1, 0.15) is 5.75 Å². The van der Waals surface area contributed by atoms with Gasteiger partial charge in [-0.05, 0) is 49.2 Å². The van der Waals surface area contributed by atoms with Crippen LogP contribution in [0.2, 0.25) is 0 Å². The largest absolute Gasteiger partial charge is 0.493 e. The van der Waals surface area contributed by atoms with Gasteiger partial charge in [0.05, 0.1) is 17.3 Å². The van der Waals surface area contributed by atoms with E-state index >= 15 is 0 Å². The van der Waals surface area contributed by atoms with Crippen molar-refractivity contribution in [3.63, 3.8) is 0 Å². The van der Waals surface area contributed by atoms with Crippen molar-refractivity contribution in [2.24, 2.45) is 5.92 Å². The first-order valence-corrected chi connectivity index (χ1v) is 9.46. The summed E-state index contributed by atoms with van der Waals surface area (Å²) in [6.07, 6.45) is 0. The van der Waals surface area contributed by atoms with Crippen molar-refractivity contribution in [1.29, 1.82) is 0 Å². The molecule has 1 aromatic heterocycles. The molecule has 5 heteroatoms. The van der Waals surface area contributed by atoms with Crippen LogP contribution in [-0.2, 0) is 0 Å². The highest BCUT2D eigenvalue weighted by Gasteiger charge is 2.08. The van der Waals surface area contributed by atoms with Gasteiger partial charge in [-0.2, -0.15) is 0 Å². The highest BCUT2D eigenvalue weighted by molar-refractivity contribution is 7.09. The third-order valence-corrected chi connectivity index (χ3v) is 4.53. The summed E-state index contributed by atoms with van der Waals surface area (Å²) >= 11 is 1.63. The van der Waals surface area contributed by atoms with E-state index in [1.807, 2.05) is 48.7 Å². The molecular formula is C21H22N2O2S. The Morgan fingerprint density at radius 1 is 1.12 bits per heavy atom. The third-order valence-electron chi connectivity index (χ3n) is 3.76. The molecule has 1 amide bonds. The first-order chi connectivity index (χ1) is 12.5. The quantitative estimate of drug-likeness (QED) is 0.635. The predicted molar refractivity (Wildman–Crippen MR) is 107 cm³/mol. The SMILES string of the molecule is Cc1nc(-c2ccc(NC(=O)c3ccc(OCC(C)C)cc3)cc2)cs1. The number of thiazole rings is 1. The van der Waals surface area contributed by atoms with Crippen molar-refractivity contribution in [2.75, 3.05) is 11.9 Å². The van der Waals surface area contributed by atoms with Gasteiger partial charge in [0.15, 0.2) is 0 Å². The van der Waals surface area contributed by atoms with Gasteiger partial charge < -0.3 is 10.1 Å². The second kappa shape index (κ2) is 8.15. The van der Waals surface area contributed by atoms with Gasteiger partial charge in [0, 0.05) is 22.2 Å². The molecule has 0 bridgehead atoms. The van der Waals surface area contributed by atoms with Crippen LogP contribution in [0.5, 0.6) is 5.75 Å². The monoisotopic (exact) mass is 366 g/mol. The summed E-state index contributed by atoms with van der Waals surface area (Å²) in [5.41, 5.74) is 3.35. The second-order valence-electron chi connectivity index (χ2n) is 6.51. The van der Waals surface area contributed by atoms with Gasteiger partial charge in [0.25, 0.3) is 5.91 Å². The molecule has 1 heterocycles. The Hall–Kier alpha value is -2.66. The Morgan fingerprint density at radius 3 is 2.38 bits per heavy atom. The molecule has 3 rings (SSSR count). The van der Waals surface area contributed by atoms with Crippen LogP contribution in [0.25, 0.3) is 11.3 Å². The van der Waals surface area contributed by atoms with Crippen molar-refractivity contribution in [2.45, 2.75) is 20.8 Å². The Bertz CT molecular complexity index is 868. The zero-order valence-electron chi connectivity index (χ0n) is 15.2. The lowest BCUT2D eigenvalue weighted by atomic mass is 10.1. The van der Waals surface area contributed by atoms with E-state index in [1.54, 1.807) is 23.5 Å². The lowest BCUT2D eigenvalue weighted by Gasteiger charge is -2.10. The molecule has 26 heavy (non-hydrogen) atoms. The van der Waals surface area contributed by atoms with Gasteiger partial charge in [-0.25, -0.2) is 4.98 Å². The molecule has 134 valence electrons. The first kappa shape index (κ1) is 18.1. The van der Waals surface area contributed by atoms with Crippen LogP contribution in [0.4, 0.5) is 5.69 Å². The molecule has 0 aliphatic carbocycles. The average molecular weight is 366 g/mol. The van der Waals surface area contributed by atoms with E-state index in [-0.39, 0.29) is 5.91 Å². The summed E-state index contributed by atoms with van der Waals surface area (Å²) in [5.74, 6) is 1.10. The maximum Gasteiger partial charge on any atom is 0.255 e. The van der Waals surface area contributed by atoms with Gasteiger partial charge in [0.2, 0.25) is 0 Å². The minimum absolute atomic E-state index is 0.141. The van der Waals surface area contributed by atoms with Crippen molar-refractivity contribution in [3.8, 4) is 17.0 Å². The van der Waals surface area contributed by atoms with E-state index < -0.39 is 0 Å². The molecular weight excluding hydrogens is 344 g/mol. The number of anilines is 1. The molecule has 0 aliphatic heterocycles. The number of nitrogens with zero attached hydrogens (tertiary/aromatic N) is 1. The summed E-state index contributed by atoms with van der Waals surface area (Å²) in [6, 6.07) is 14.9. The second-order valence-corrected chi connectivity index (χ2v) is 7.57. The highest BCUT2D eigenvalue weighted by atomic mass is 32.1. The van der Waals surface area contributed by atoms with Crippen LogP contribution in [0, 0.1) is 12.8 Å². The number of carbonyl (C=O) groups is 1. The van der Waals surface area contributed by atoms with Crippen LogP contribution in [0.15, 0.2) is 53.9 Å². The fourth-order valence-corrected chi connectivity index (χ4v) is 3.01. The number of carbonyl (C=O) groups excluding carboxylic acids is 1. The Morgan fingerprint density at radius 2 is 1.81 bits per heavy atom. The van der Waals surface area contributed by atoms with E-state index in [4.69, 9.17) is 4.74 Å². The number of hydrogen-bond acceptors (Lipinski definition) is 4. The van der Waals surface area contributed by atoms with Gasteiger partial charge in [-0.1, -0.05) is 26.0 Å². The molecule has 0 saturated heterocycles. The first-order valence-electron chi connectivity index (χ1n) is 8.58. The topological polar surface area (TPSA) is 51.2 Å². The molecule has 0 spiro atoms. The smallest absolute Gasteiger partial charge is 0.255 e. The molecule has 2 aromatic carbocycles. The van der Waals surface area contributed by atoms with E-state index in [1.165, 1.54) is 0 Å². The summed E-state index contributed by atoms with van der Waals surface area (Å²) in [7, 11) is 0. The molecule has 0 fully saturated rings. The average Bonchev–Trinajstić information content (AvgIpc) is 3.07. The Labute approximate surface area is 157 Å². The number of rotatable bonds is 6. The van der Waals surface area contributed by atoms with Crippen LogP contribution >= 0.6 is 11.3 Å². The molecule has 0 atom stereocenters. The maximum atomic E-state index is 12.4. The highest BCUT2D eigenvalue weighted by Crippen LogP contribution is 2.23. The van der Waals surface area contributed by atoms with E-state index in [9.17, 15) is 4.79 Å². The number of ether oxygens (including phenoxy) is 1. The van der Waals surface area contributed by atoms with Gasteiger partial charge >= 0.3 is 0 Å². The number of aromatic nitrogens is 1. The van der Waals surface area contributed by atoms with Crippen LogP contribution in [0.3, 0.4) is 0 Å². The third kappa shape index (κ3) is 4.70. The molecule has 4 nitrogen and oxygen atoms in total. The number of benzene rings is 2. The van der Waals surface area contributed by atoms with Crippen LogP contribution < -0.4 is 10.1 Å². The van der Waals surface area contributed by atoms with Crippen molar-refractivity contribution < 1.29 is 9.53 Å². The normalized spacial score (nSPS) is 10.8. The van der Waals surface area contributed by atoms with E-state index in [0.29, 0.717) is 18.1 Å². The summed E-state index contributed by atoms with van der Waals surface area (Å²) in [5, 5.41) is 5.99. The number of aryl methyl sites for hydroxylation is 1. The summed E-state index contributed by atoms with van der Waals surface area (Å²) < 4.78 is 5.64. The number of nitrogens with one attached hydrogen (secondary N) is 1. The number of hydrogen-bond donors (Lipinski definition) is 1. The summed E-state index contributed by atoms with van der Waals surface area (Å²) in [6.45, 7) is 6.85. The van der Waals surface area contributed by atoms with Crippen molar-refractivity contribution in [3.05, 3.63) is 64.5 Å². The molecule has 0 radical (unpaired) electrons.